The van der Waals surface area contributed by atoms with E-state index in [1.54, 1.807) is 0 Å². The Morgan fingerprint density at radius 1 is 1.50 bits per heavy atom. The fourth-order valence-corrected chi connectivity index (χ4v) is 0.504. The van der Waals surface area contributed by atoms with Crippen molar-refractivity contribution in [1.82, 2.24) is 10.2 Å². The third-order valence-corrected chi connectivity index (χ3v) is 0.976. The highest BCUT2D eigenvalue weighted by molar-refractivity contribution is 6.33. The number of ketones is 1. The number of nitrogens with zero attached hydrogens (tertiary/aromatic N) is 2. The van der Waals surface area contributed by atoms with Gasteiger partial charge in [0.1, 0.15) is 0 Å². The molecule has 0 atom stereocenters. The third-order valence-electron chi connectivity index (χ3n) is 0.976. The number of rotatable bonds is 2. The van der Waals surface area contributed by atoms with Gasteiger partial charge < -0.3 is 0 Å². The van der Waals surface area contributed by atoms with Gasteiger partial charge >= 0.3 is 0 Å². The molecule has 0 N–H and O–H groups in total. The first-order chi connectivity index (χ1) is 4.84. The van der Waals surface area contributed by atoms with Crippen LogP contribution in [0.1, 0.15) is 10.4 Å². The predicted molar refractivity (Wildman–Crippen MR) is 32.4 cm³/mol. The average Bonchev–Trinajstić information content (AvgIpc) is 2.05. The van der Waals surface area contributed by atoms with Crippen LogP contribution in [-0.4, -0.2) is 22.3 Å². The summed E-state index contributed by atoms with van der Waals surface area (Å²) in [5.74, 6) is -0.574. The average molecular weight is 136 g/mol. The standard InChI is InChI=1S/C6H4N2O2/c9-4-6(10)5-1-2-7-8-3-5/h1-4H. The monoisotopic (exact) mass is 136 g/mol. The van der Waals surface area contributed by atoms with Crippen molar-refractivity contribution in [3.8, 4) is 0 Å². The molecule has 0 aliphatic carbocycles. The molecule has 0 saturated carbocycles. The van der Waals surface area contributed by atoms with E-state index in [2.05, 4.69) is 10.2 Å². The quantitative estimate of drug-likeness (QED) is 0.322. The van der Waals surface area contributed by atoms with Gasteiger partial charge in [-0.3, -0.25) is 9.59 Å². The Bertz CT molecular complexity index is 245. The summed E-state index contributed by atoms with van der Waals surface area (Å²) in [5.41, 5.74) is 0.269. The maximum absolute atomic E-state index is 10.6. The molecule has 4 heteroatoms. The molecule has 0 spiro atoms. The molecule has 0 radical (unpaired) electrons. The number of carbonyl (C=O) groups excluding carboxylic acids is 2. The molecule has 1 heterocycles. The molecule has 1 aromatic rings. The van der Waals surface area contributed by atoms with Gasteiger partial charge in [-0.1, -0.05) is 0 Å². The lowest BCUT2D eigenvalue weighted by molar-refractivity contribution is -0.104. The molecule has 0 amide bonds. The number of Topliss-reactive ketones (excluding diaryl/α,β-unsaturated/α-hetero) is 1. The van der Waals surface area contributed by atoms with Gasteiger partial charge in [-0.15, -0.1) is 0 Å². The Hall–Kier alpha value is -1.58. The smallest absolute Gasteiger partial charge is 0.227 e. The summed E-state index contributed by atoms with van der Waals surface area (Å²) in [4.78, 5) is 20.5. The van der Waals surface area contributed by atoms with Crippen molar-refractivity contribution in [2.24, 2.45) is 0 Å². The van der Waals surface area contributed by atoms with E-state index in [4.69, 9.17) is 0 Å². The van der Waals surface area contributed by atoms with Crippen molar-refractivity contribution in [2.45, 2.75) is 0 Å². The highest BCUT2D eigenvalue weighted by Crippen LogP contribution is 1.91. The van der Waals surface area contributed by atoms with Gasteiger partial charge in [0.15, 0.2) is 6.29 Å². The number of aldehydes is 1. The molecule has 10 heavy (non-hydrogen) atoms. The molecule has 0 unspecified atom stereocenters. The molecule has 0 fully saturated rings. The zero-order valence-corrected chi connectivity index (χ0v) is 5.02. The number of carbonyl (C=O) groups is 2. The normalized spacial score (nSPS) is 8.80. The first-order valence-corrected chi connectivity index (χ1v) is 2.61. The topological polar surface area (TPSA) is 59.9 Å². The van der Waals surface area contributed by atoms with Crippen LogP contribution in [0.3, 0.4) is 0 Å². The fraction of sp³-hybridized carbons (Fsp3) is 0. The van der Waals surface area contributed by atoms with E-state index in [1.807, 2.05) is 0 Å². The molecular formula is C6H4N2O2. The van der Waals surface area contributed by atoms with E-state index < -0.39 is 5.78 Å². The minimum absolute atomic E-state index is 0.247. The van der Waals surface area contributed by atoms with Gasteiger partial charge in [-0.25, -0.2) is 0 Å². The van der Waals surface area contributed by atoms with Crippen LogP contribution in [0.25, 0.3) is 0 Å². The molecule has 0 aliphatic heterocycles. The van der Waals surface area contributed by atoms with Gasteiger partial charge in [-0.2, -0.15) is 10.2 Å². The van der Waals surface area contributed by atoms with Crippen LogP contribution in [0.2, 0.25) is 0 Å². The molecule has 1 aromatic heterocycles. The van der Waals surface area contributed by atoms with E-state index in [9.17, 15) is 9.59 Å². The first kappa shape index (κ1) is 6.54. The van der Waals surface area contributed by atoms with Gasteiger partial charge in [0.2, 0.25) is 5.78 Å². The third kappa shape index (κ3) is 1.22. The molecule has 0 aliphatic rings. The minimum Gasteiger partial charge on any atom is -0.294 e. The lowest BCUT2D eigenvalue weighted by atomic mass is 10.2. The number of aromatic nitrogens is 2. The largest absolute Gasteiger partial charge is 0.294 e. The Morgan fingerprint density at radius 3 is 2.80 bits per heavy atom. The number of hydrogen-bond acceptors (Lipinski definition) is 4. The van der Waals surface area contributed by atoms with Crippen LogP contribution in [0, 0.1) is 0 Å². The zero-order valence-electron chi connectivity index (χ0n) is 5.02. The van der Waals surface area contributed by atoms with Gasteiger partial charge in [0.05, 0.1) is 12.4 Å². The van der Waals surface area contributed by atoms with Gasteiger partial charge in [-0.05, 0) is 6.07 Å². The van der Waals surface area contributed by atoms with E-state index in [-0.39, 0.29) is 11.8 Å². The predicted octanol–water partition coefficient (Wildman–Crippen LogP) is -0.142. The molecule has 50 valence electrons. The Kier molecular flexibility index (Phi) is 1.84. The van der Waals surface area contributed by atoms with Crippen LogP contribution in [0.4, 0.5) is 0 Å². The summed E-state index contributed by atoms with van der Waals surface area (Å²) in [6.07, 6.45) is 2.85. The van der Waals surface area contributed by atoms with E-state index in [0.717, 1.165) is 0 Å². The van der Waals surface area contributed by atoms with E-state index in [0.29, 0.717) is 0 Å². The van der Waals surface area contributed by atoms with E-state index in [1.165, 1.54) is 18.5 Å². The highest BCUT2D eigenvalue weighted by atomic mass is 16.2. The SMILES string of the molecule is O=CC(=O)c1ccnnc1. The fourth-order valence-electron chi connectivity index (χ4n) is 0.504. The van der Waals surface area contributed by atoms with Crippen molar-refractivity contribution >= 4 is 12.1 Å². The lowest BCUT2D eigenvalue weighted by Crippen LogP contribution is -2.00. The Labute approximate surface area is 56.9 Å². The Morgan fingerprint density at radius 2 is 2.30 bits per heavy atom. The minimum atomic E-state index is -0.574. The summed E-state index contributed by atoms with van der Waals surface area (Å²) in [7, 11) is 0. The number of hydrogen-bond donors (Lipinski definition) is 0. The summed E-state index contributed by atoms with van der Waals surface area (Å²) < 4.78 is 0. The van der Waals surface area contributed by atoms with Crippen molar-refractivity contribution in [1.29, 1.82) is 0 Å². The van der Waals surface area contributed by atoms with Crippen molar-refractivity contribution < 1.29 is 9.59 Å². The maximum atomic E-state index is 10.6. The van der Waals surface area contributed by atoms with Crippen molar-refractivity contribution in [3.05, 3.63) is 24.0 Å². The van der Waals surface area contributed by atoms with Gasteiger partial charge in [0, 0.05) is 5.56 Å². The van der Waals surface area contributed by atoms with Gasteiger partial charge in [0.25, 0.3) is 0 Å². The van der Waals surface area contributed by atoms with E-state index >= 15 is 0 Å². The summed E-state index contributed by atoms with van der Waals surface area (Å²) in [6, 6.07) is 1.43. The summed E-state index contributed by atoms with van der Waals surface area (Å²) >= 11 is 0. The molecule has 0 aromatic carbocycles. The molecule has 0 saturated heterocycles. The first-order valence-electron chi connectivity index (χ1n) is 2.61. The second kappa shape index (κ2) is 2.82. The second-order valence-corrected chi connectivity index (χ2v) is 1.61. The van der Waals surface area contributed by atoms with Crippen molar-refractivity contribution in [2.75, 3.05) is 0 Å². The highest BCUT2D eigenvalue weighted by Gasteiger charge is 2.01. The van der Waals surface area contributed by atoms with Crippen LogP contribution in [-0.2, 0) is 4.79 Å². The van der Waals surface area contributed by atoms with Crippen LogP contribution in [0.5, 0.6) is 0 Å². The van der Waals surface area contributed by atoms with Crippen molar-refractivity contribution in [3.63, 3.8) is 0 Å². The molecule has 1 rings (SSSR count). The van der Waals surface area contributed by atoms with Crippen LogP contribution >= 0.6 is 0 Å². The molecule has 4 nitrogen and oxygen atoms in total. The lowest BCUT2D eigenvalue weighted by Gasteiger charge is -1.87. The second-order valence-electron chi connectivity index (χ2n) is 1.61. The molecular weight excluding hydrogens is 132 g/mol. The van der Waals surface area contributed by atoms with Crippen LogP contribution in [0.15, 0.2) is 18.5 Å². The zero-order chi connectivity index (χ0) is 7.40. The maximum Gasteiger partial charge on any atom is 0.227 e. The summed E-state index contributed by atoms with van der Waals surface area (Å²) in [6.45, 7) is 0. The van der Waals surface area contributed by atoms with Crippen LogP contribution < -0.4 is 0 Å². The summed E-state index contributed by atoms with van der Waals surface area (Å²) in [5, 5.41) is 6.87. The molecule has 0 bridgehead atoms. The Balaban J connectivity index is 2.95.